The zero-order valence-electron chi connectivity index (χ0n) is 6.63. The first kappa shape index (κ1) is 6.90. The molecule has 2 rings (SSSR count). The lowest BCUT2D eigenvalue weighted by Gasteiger charge is -1.98. The van der Waals surface area contributed by atoms with E-state index in [9.17, 15) is 0 Å². The highest BCUT2D eigenvalue weighted by molar-refractivity contribution is 5.86. The number of imidazole rings is 1. The van der Waals surface area contributed by atoms with E-state index in [0.29, 0.717) is 11.6 Å². The van der Waals surface area contributed by atoms with E-state index in [-0.39, 0.29) is 0 Å². The summed E-state index contributed by atoms with van der Waals surface area (Å²) < 4.78 is 0. The van der Waals surface area contributed by atoms with Crippen molar-refractivity contribution in [1.82, 2.24) is 15.0 Å². The molecule has 5 nitrogen and oxygen atoms in total. The Balaban J connectivity index is 2.78. The summed E-state index contributed by atoms with van der Waals surface area (Å²) in [6.07, 6.45) is 1.69. The molecule has 0 atom stereocenters. The number of aromatic nitrogens is 3. The summed E-state index contributed by atoms with van der Waals surface area (Å²) in [5.41, 5.74) is 7.91. The van der Waals surface area contributed by atoms with Crippen molar-refractivity contribution in [3.8, 4) is 0 Å². The summed E-state index contributed by atoms with van der Waals surface area (Å²) in [6, 6.07) is 1.86. The van der Waals surface area contributed by atoms with Crippen LogP contribution in [0.5, 0.6) is 0 Å². The van der Waals surface area contributed by atoms with Crippen molar-refractivity contribution < 1.29 is 0 Å². The average molecular weight is 163 g/mol. The van der Waals surface area contributed by atoms with Gasteiger partial charge in [-0.1, -0.05) is 0 Å². The number of nitrogens with two attached hydrogens (primary N) is 1. The van der Waals surface area contributed by atoms with Crippen LogP contribution in [-0.4, -0.2) is 22.0 Å². The second-order valence-electron chi connectivity index (χ2n) is 2.43. The van der Waals surface area contributed by atoms with Gasteiger partial charge in [0.2, 0.25) is 0 Å². The standard InChI is InChI=1S/C7H9N5/c1-9-4-2-3-10-6-5(4)11-7(8)12-6/h2-3H,1H3,(H4,8,9,10,11,12). The Labute approximate surface area is 69.0 Å². The number of nitrogens with one attached hydrogen (secondary N) is 2. The van der Waals surface area contributed by atoms with E-state index in [1.165, 1.54) is 0 Å². The van der Waals surface area contributed by atoms with Gasteiger partial charge in [-0.05, 0) is 6.07 Å². The molecule has 0 radical (unpaired) electrons. The predicted molar refractivity (Wildman–Crippen MR) is 47.8 cm³/mol. The molecule has 0 unspecified atom stereocenters. The largest absolute Gasteiger partial charge is 0.386 e. The molecular formula is C7H9N5. The van der Waals surface area contributed by atoms with Gasteiger partial charge in [0.15, 0.2) is 11.6 Å². The smallest absolute Gasteiger partial charge is 0.200 e. The summed E-state index contributed by atoms with van der Waals surface area (Å²) >= 11 is 0. The average Bonchev–Trinajstić information content (AvgIpc) is 2.44. The zero-order valence-corrected chi connectivity index (χ0v) is 6.63. The Bertz CT molecular complexity index is 405. The first-order chi connectivity index (χ1) is 5.81. The Kier molecular flexibility index (Phi) is 1.36. The van der Waals surface area contributed by atoms with Gasteiger partial charge in [0.05, 0.1) is 5.69 Å². The number of hydrogen-bond donors (Lipinski definition) is 3. The molecule has 0 aliphatic heterocycles. The number of aromatic amines is 1. The van der Waals surface area contributed by atoms with Crippen LogP contribution in [0, 0.1) is 0 Å². The molecule has 2 aromatic heterocycles. The number of hydrogen-bond acceptors (Lipinski definition) is 4. The maximum absolute atomic E-state index is 5.48. The first-order valence-electron chi connectivity index (χ1n) is 3.59. The van der Waals surface area contributed by atoms with E-state index in [2.05, 4.69) is 20.3 Å². The van der Waals surface area contributed by atoms with Crippen LogP contribution >= 0.6 is 0 Å². The minimum atomic E-state index is 0.389. The van der Waals surface area contributed by atoms with Crippen LogP contribution in [0.4, 0.5) is 11.6 Å². The third-order valence-corrected chi connectivity index (χ3v) is 1.68. The number of H-pyrrole nitrogens is 1. The van der Waals surface area contributed by atoms with Gasteiger partial charge < -0.3 is 16.0 Å². The van der Waals surface area contributed by atoms with Crippen molar-refractivity contribution in [2.45, 2.75) is 0 Å². The molecule has 0 saturated carbocycles. The second-order valence-corrected chi connectivity index (χ2v) is 2.43. The summed E-state index contributed by atoms with van der Waals surface area (Å²) in [4.78, 5) is 11.0. The van der Waals surface area contributed by atoms with Crippen LogP contribution < -0.4 is 11.1 Å². The van der Waals surface area contributed by atoms with E-state index in [0.717, 1.165) is 11.2 Å². The fourth-order valence-corrected chi connectivity index (χ4v) is 1.14. The Hall–Kier alpha value is -1.78. The molecular weight excluding hydrogens is 154 g/mol. The lowest BCUT2D eigenvalue weighted by atomic mass is 10.4. The number of fused-ring (bicyclic) bond motifs is 1. The molecule has 2 heterocycles. The molecule has 0 fully saturated rings. The summed E-state index contributed by atoms with van der Waals surface area (Å²) in [6.45, 7) is 0. The minimum absolute atomic E-state index is 0.389. The van der Waals surface area contributed by atoms with E-state index < -0.39 is 0 Å². The molecule has 4 N–H and O–H groups in total. The molecule has 0 aromatic carbocycles. The van der Waals surface area contributed by atoms with Gasteiger partial charge in [-0.3, -0.25) is 0 Å². The first-order valence-corrected chi connectivity index (χ1v) is 3.59. The maximum Gasteiger partial charge on any atom is 0.200 e. The van der Waals surface area contributed by atoms with Crippen molar-refractivity contribution in [2.24, 2.45) is 0 Å². The molecule has 0 aliphatic rings. The van der Waals surface area contributed by atoms with Gasteiger partial charge in [-0.15, -0.1) is 0 Å². The van der Waals surface area contributed by atoms with Crippen LogP contribution in [0.3, 0.4) is 0 Å². The van der Waals surface area contributed by atoms with Gasteiger partial charge in [0.25, 0.3) is 0 Å². The predicted octanol–water partition coefficient (Wildman–Crippen LogP) is 0.582. The minimum Gasteiger partial charge on any atom is -0.386 e. The summed E-state index contributed by atoms with van der Waals surface area (Å²) in [5.74, 6) is 0.389. The van der Waals surface area contributed by atoms with Crippen LogP contribution in [0.2, 0.25) is 0 Å². The topological polar surface area (TPSA) is 79.6 Å². The van der Waals surface area contributed by atoms with Crippen LogP contribution in [0.15, 0.2) is 12.3 Å². The molecule has 0 bridgehead atoms. The van der Waals surface area contributed by atoms with Gasteiger partial charge >= 0.3 is 0 Å². The van der Waals surface area contributed by atoms with Crippen LogP contribution in [0.1, 0.15) is 0 Å². The third kappa shape index (κ3) is 0.868. The van der Waals surface area contributed by atoms with Gasteiger partial charge in [-0.2, -0.15) is 4.98 Å². The van der Waals surface area contributed by atoms with Gasteiger partial charge in [0.1, 0.15) is 5.52 Å². The van der Waals surface area contributed by atoms with E-state index in [1.807, 2.05) is 13.1 Å². The number of rotatable bonds is 1. The Morgan fingerprint density at radius 2 is 2.42 bits per heavy atom. The zero-order chi connectivity index (χ0) is 8.55. The Morgan fingerprint density at radius 3 is 3.17 bits per heavy atom. The molecule has 0 saturated heterocycles. The molecule has 12 heavy (non-hydrogen) atoms. The second kappa shape index (κ2) is 2.37. The Morgan fingerprint density at radius 1 is 1.58 bits per heavy atom. The monoisotopic (exact) mass is 163 g/mol. The maximum atomic E-state index is 5.48. The lowest BCUT2D eigenvalue weighted by Crippen LogP contribution is -1.89. The fraction of sp³-hybridized carbons (Fsp3) is 0.143. The highest BCUT2D eigenvalue weighted by atomic mass is 15.1. The molecule has 5 heteroatoms. The highest BCUT2D eigenvalue weighted by Gasteiger charge is 2.03. The lowest BCUT2D eigenvalue weighted by molar-refractivity contribution is 1.31. The molecule has 2 aromatic rings. The van der Waals surface area contributed by atoms with Crippen molar-refractivity contribution in [2.75, 3.05) is 18.1 Å². The van der Waals surface area contributed by atoms with Crippen molar-refractivity contribution >= 4 is 22.8 Å². The van der Waals surface area contributed by atoms with Crippen LogP contribution in [-0.2, 0) is 0 Å². The molecule has 0 spiro atoms. The number of nitrogens with zero attached hydrogens (tertiary/aromatic N) is 2. The fourth-order valence-electron chi connectivity index (χ4n) is 1.14. The number of pyridine rings is 1. The van der Waals surface area contributed by atoms with Gasteiger partial charge in [-0.25, -0.2) is 4.98 Å². The summed E-state index contributed by atoms with van der Waals surface area (Å²) in [7, 11) is 1.84. The van der Waals surface area contributed by atoms with E-state index in [1.54, 1.807) is 6.20 Å². The van der Waals surface area contributed by atoms with Crippen LogP contribution in [0.25, 0.3) is 11.2 Å². The quantitative estimate of drug-likeness (QED) is 0.574. The summed E-state index contributed by atoms with van der Waals surface area (Å²) in [5, 5.41) is 3.02. The molecule has 0 amide bonds. The molecule has 0 aliphatic carbocycles. The normalized spacial score (nSPS) is 10.4. The third-order valence-electron chi connectivity index (χ3n) is 1.68. The van der Waals surface area contributed by atoms with E-state index in [4.69, 9.17) is 5.73 Å². The van der Waals surface area contributed by atoms with Gasteiger partial charge in [0, 0.05) is 13.2 Å². The van der Waals surface area contributed by atoms with Crippen molar-refractivity contribution in [3.05, 3.63) is 12.3 Å². The van der Waals surface area contributed by atoms with E-state index >= 15 is 0 Å². The van der Waals surface area contributed by atoms with Crippen molar-refractivity contribution in [1.29, 1.82) is 0 Å². The molecule has 62 valence electrons. The number of anilines is 2. The highest BCUT2D eigenvalue weighted by Crippen LogP contribution is 2.18. The SMILES string of the molecule is CNc1ccnc2nc(N)[nH]c12. The number of nitrogen functional groups attached to an aromatic ring is 1. The van der Waals surface area contributed by atoms with Crippen molar-refractivity contribution in [3.63, 3.8) is 0 Å².